The molecular weight excluding hydrogens is 500 g/mol. The average molecular weight is 535 g/mol. The van der Waals surface area contributed by atoms with Gasteiger partial charge < -0.3 is 10.2 Å². The van der Waals surface area contributed by atoms with Crippen LogP contribution in [-0.2, 0) is 22.6 Å². The maximum atomic E-state index is 13.8. The predicted octanol–water partition coefficient (Wildman–Crippen LogP) is 6.83. The van der Waals surface area contributed by atoms with Gasteiger partial charge in [-0.15, -0.1) is 11.8 Å². The van der Waals surface area contributed by atoms with Crippen molar-refractivity contribution >= 4 is 35.2 Å². The molecule has 0 bridgehead atoms. The van der Waals surface area contributed by atoms with Gasteiger partial charge in [0.15, 0.2) is 0 Å². The molecule has 0 heterocycles. The van der Waals surface area contributed by atoms with Gasteiger partial charge in [0.2, 0.25) is 11.8 Å². The van der Waals surface area contributed by atoms with Gasteiger partial charge in [-0.2, -0.15) is 0 Å². The van der Waals surface area contributed by atoms with Crippen LogP contribution in [0.1, 0.15) is 48.8 Å². The van der Waals surface area contributed by atoms with E-state index < -0.39 is 6.04 Å². The van der Waals surface area contributed by atoms with Crippen molar-refractivity contribution < 1.29 is 9.59 Å². The summed E-state index contributed by atoms with van der Waals surface area (Å²) >= 11 is 7.50. The van der Waals surface area contributed by atoms with Gasteiger partial charge in [-0.1, -0.05) is 85.5 Å². The molecule has 1 saturated carbocycles. The van der Waals surface area contributed by atoms with E-state index in [1.165, 1.54) is 18.2 Å². The lowest BCUT2D eigenvalue weighted by molar-refractivity contribution is -0.139. The maximum Gasteiger partial charge on any atom is 0.243 e. The number of thioether (sulfide) groups is 1. The summed E-state index contributed by atoms with van der Waals surface area (Å²) in [5, 5.41) is 3.97. The molecule has 2 amide bonds. The Balaban J connectivity index is 1.61. The molecule has 3 aromatic carbocycles. The molecule has 0 saturated heterocycles. The van der Waals surface area contributed by atoms with Crippen LogP contribution >= 0.6 is 23.4 Å². The van der Waals surface area contributed by atoms with Gasteiger partial charge in [-0.05, 0) is 60.7 Å². The second-order valence-corrected chi connectivity index (χ2v) is 11.2. The summed E-state index contributed by atoms with van der Waals surface area (Å²) in [7, 11) is 0. The Hall–Kier alpha value is -2.76. The fraction of sp³-hybridized carbons (Fsp3) is 0.355. The Morgan fingerprint density at radius 1 is 0.946 bits per heavy atom. The lowest BCUT2D eigenvalue weighted by Gasteiger charge is -2.33. The Kier molecular flexibility index (Phi) is 10.1. The highest BCUT2D eigenvalue weighted by atomic mass is 35.5. The molecule has 0 radical (unpaired) electrons. The number of carbonyl (C=O) groups is 2. The fourth-order valence-electron chi connectivity index (χ4n) is 4.83. The van der Waals surface area contributed by atoms with Gasteiger partial charge >= 0.3 is 0 Å². The van der Waals surface area contributed by atoms with E-state index in [-0.39, 0.29) is 23.6 Å². The summed E-state index contributed by atoms with van der Waals surface area (Å²) in [5.41, 5.74) is 3.20. The summed E-state index contributed by atoms with van der Waals surface area (Å²) < 4.78 is 0. The van der Waals surface area contributed by atoms with E-state index in [0.29, 0.717) is 18.0 Å². The topological polar surface area (TPSA) is 49.4 Å². The highest BCUT2D eigenvalue weighted by molar-refractivity contribution is 8.00. The molecule has 4 nitrogen and oxygen atoms in total. The van der Waals surface area contributed by atoms with Crippen LogP contribution in [0.15, 0.2) is 83.8 Å². The van der Waals surface area contributed by atoms with Crippen molar-refractivity contribution in [1.82, 2.24) is 10.2 Å². The summed E-state index contributed by atoms with van der Waals surface area (Å²) in [6.07, 6.45) is 5.97. The lowest BCUT2D eigenvalue weighted by Crippen LogP contribution is -2.53. The van der Waals surface area contributed by atoms with Crippen LogP contribution in [0.5, 0.6) is 0 Å². The van der Waals surface area contributed by atoms with E-state index in [9.17, 15) is 9.59 Å². The third-order valence-electron chi connectivity index (χ3n) is 7.00. The largest absolute Gasteiger partial charge is 0.352 e. The molecule has 1 aliphatic rings. The van der Waals surface area contributed by atoms with Crippen LogP contribution in [0.25, 0.3) is 0 Å². The van der Waals surface area contributed by atoms with Crippen molar-refractivity contribution in [2.45, 2.75) is 69.0 Å². The number of carbonyl (C=O) groups excluding carboxylic acids is 2. The molecule has 3 aromatic rings. The molecule has 6 heteroatoms. The highest BCUT2D eigenvalue weighted by Crippen LogP contribution is 2.24. The molecule has 1 fully saturated rings. The molecule has 0 aromatic heterocycles. The number of amides is 2. The normalized spacial score (nSPS) is 14.6. The first-order valence-electron chi connectivity index (χ1n) is 13.1. The Bertz CT molecular complexity index is 1160. The fourth-order valence-corrected chi connectivity index (χ4v) is 5.74. The SMILES string of the molecule is Cc1ccccc1CN(C(=O)CSc1ccc(Cl)cc1)[C@H](Cc1ccccc1)C(=O)NC1CCCCC1. The summed E-state index contributed by atoms with van der Waals surface area (Å²) in [4.78, 5) is 30.4. The van der Waals surface area contributed by atoms with Gasteiger partial charge in [-0.25, -0.2) is 0 Å². The van der Waals surface area contributed by atoms with Crippen LogP contribution < -0.4 is 5.32 Å². The van der Waals surface area contributed by atoms with E-state index in [4.69, 9.17) is 11.6 Å². The number of hydrogen-bond donors (Lipinski definition) is 1. The smallest absolute Gasteiger partial charge is 0.243 e. The lowest BCUT2D eigenvalue weighted by atomic mass is 9.94. The quantitative estimate of drug-likeness (QED) is 0.290. The molecule has 37 heavy (non-hydrogen) atoms. The number of rotatable bonds is 10. The molecule has 194 valence electrons. The zero-order chi connectivity index (χ0) is 26.0. The molecule has 0 aliphatic heterocycles. The number of nitrogens with one attached hydrogen (secondary N) is 1. The first-order chi connectivity index (χ1) is 18.0. The van der Waals surface area contributed by atoms with Crippen LogP contribution in [-0.4, -0.2) is 34.6 Å². The summed E-state index contributed by atoms with van der Waals surface area (Å²) in [6.45, 7) is 2.44. The molecule has 1 aliphatic carbocycles. The number of aryl methyl sites for hydroxylation is 1. The van der Waals surface area contributed by atoms with Crippen molar-refractivity contribution in [3.63, 3.8) is 0 Å². The van der Waals surface area contributed by atoms with Crippen LogP contribution in [0.4, 0.5) is 0 Å². The predicted molar refractivity (Wildman–Crippen MR) is 153 cm³/mol. The van der Waals surface area contributed by atoms with E-state index in [0.717, 1.165) is 47.3 Å². The molecular formula is C31H35ClN2O2S. The molecule has 0 unspecified atom stereocenters. The monoisotopic (exact) mass is 534 g/mol. The molecule has 0 spiro atoms. The zero-order valence-corrected chi connectivity index (χ0v) is 22.9. The van der Waals surface area contributed by atoms with Gasteiger partial charge in [0, 0.05) is 28.9 Å². The molecule has 4 rings (SSSR count). The second-order valence-electron chi connectivity index (χ2n) is 9.74. The van der Waals surface area contributed by atoms with E-state index >= 15 is 0 Å². The van der Waals surface area contributed by atoms with E-state index in [2.05, 4.69) is 18.3 Å². The van der Waals surface area contributed by atoms with Gasteiger partial charge in [0.05, 0.1) is 5.75 Å². The van der Waals surface area contributed by atoms with Crippen molar-refractivity contribution in [3.8, 4) is 0 Å². The standard InChI is InChI=1S/C31H35ClN2O2S/c1-23-10-8-9-13-25(23)21-34(30(35)22-37-28-18-16-26(32)17-19-28)29(20-24-11-4-2-5-12-24)31(36)33-27-14-6-3-7-15-27/h2,4-5,8-13,16-19,27,29H,3,6-7,14-15,20-22H2,1H3,(H,33,36)/t29-/m1/s1. The average Bonchev–Trinajstić information content (AvgIpc) is 2.92. The van der Waals surface area contributed by atoms with Crippen molar-refractivity contribution in [2.75, 3.05) is 5.75 Å². The van der Waals surface area contributed by atoms with E-state index in [1.54, 1.807) is 4.90 Å². The van der Waals surface area contributed by atoms with Crippen molar-refractivity contribution in [1.29, 1.82) is 0 Å². The number of benzene rings is 3. The van der Waals surface area contributed by atoms with Crippen LogP contribution in [0.2, 0.25) is 5.02 Å². The van der Waals surface area contributed by atoms with Gasteiger partial charge in [0.25, 0.3) is 0 Å². The second kappa shape index (κ2) is 13.7. The van der Waals surface area contributed by atoms with Crippen molar-refractivity contribution in [3.05, 3.63) is 101 Å². The summed E-state index contributed by atoms with van der Waals surface area (Å²) in [5.74, 6) is 0.132. The van der Waals surface area contributed by atoms with Gasteiger partial charge in [-0.3, -0.25) is 9.59 Å². The third-order valence-corrected chi connectivity index (χ3v) is 8.25. The minimum absolute atomic E-state index is 0.0528. The summed E-state index contributed by atoms with van der Waals surface area (Å²) in [6, 6.07) is 25.1. The third kappa shape index (κ3) is 8.11. The number of hydrogen-bond acceptors (Lipinski definition) is 3. The first-order valence-corrected chi connectivity index (χ1v) is 14.4. The maximum absolute atomic E-state index is 13.8. The van der Waals surface area contributed by atoms with Crippen LogP contribution in [0.3, 0.4) is 0 Å². The highest BCUT2D eigenvalue weighted by Gasteiger charge is 2.32. The molecule has 1 N–H and O–H groups in total. The Labute approximate surface area is 229 Å². The van der Waals surface area contributed by atoms with Gasteiger partial charge in [0.1, 0.15) is 6.04 Å². The molecule has 1 atom stereocenters. The Morgan fingerprint density at radius 2 is 1.62 bits per heavy atom. The minimum atomic E-state index is -0.595. The van der Waals surface area contributed by atoms with Crippen molar-refractivity contribution in [2.24, 2.45) is 0 Å². The number of halogens is 1. The Morgan fingerprint density at radius 3 is 2.32 bits per heavy atom. The first kappa shape index (κ1) is 27.3. The number of nitrogens with zero attached hydrogens (tertiary/aromatic N) is 1. The van der Waals surface area contributed by atoms with Crippen LogP contribution in [0, 0.1) is 6.92 Å². The minimum Gasteiger partial charge on any atom is -0.352 e. The van der Waals surface area contributed by atoms with E-state index in [1.807, 2.05) is 72.8 Å². The zero-order valence-electron chi connectivity index (χ0n) is 21.4.